The van der Waals surface area contributed by atoms with Gasteiger partial charge in [-0.1, -0.05) is 11.6 Å². The molecule has 2 rings (SSSR count). The lowest BCUT2D eigenvalue weighted by molar-refractivity contribution is -0.124. The van der Waals surface area contributed by atoms with Crippen LogP contribution in [0.25, 0.3) is 0 Å². The predicted octanol–water partition coefficient (Wildman–Crippen LogP) is 1.49. The molecule has 6 nitrogen and oxygen atoms in total. The van der Waals surface area contributed by atoms with Gasteiger partial charge in [-0.2, -0.15) is 0 Å². The highest BCUT2D eigenvalue weighted by Crippen LogP contribution is 2.40. The lowest BCUT2D eigenvalue weighted by atomic mass is 9.73. The minimum absolute atomic E-state index is 0.183. The van der Waals surface area contributed by atoms with Crippen molar-refractivity contribution in [2.75, 3.05) is 40.6 Å². The van der Waals surface area contributed by atoms with E-state index in [4.69, 9.17) is 31.5 Å². The Balaban J connectivity index is 2.24. The summed E-state index contributed by atoms with van der Waals surface area (Å²) < 4.78 is 16.0. The molecule has 1 fully saturated rings. The molecule has 1 amide bonds. The number of halogens is 1. The van der Waals surface area contributed by atoms with E-state index in [2.05, 4.69) is 5.32 Å². The standard InChI is InChI=1S/C17H25ClN2O4/c1-22-10-14(19)16(21)20-11-17(5-7-24-8-6-17)13-9-12(18)3-4-15(13)23-2/h3-4,9,14H,5-8,10-11,19H2,1-2H3,(H,20,21). The Morgan fingerprint density at radius 1 is 1.42 bits per heavy atom. The van der Waals surface area contributed by atoms with Gasteiger partial charge in [0, 0.05) is 42.9 Å². The lowest BCUT2D eigenvalue weighted by Crippen LogP contribution is -2.50. The highest BCUT2D eigenvalue weighted by atomic mass is 35.5. The summed E-state index contributed by atoms with van der Waals surface area (Å²) in [6.45, 7) is 1.87. The lowest BCUT2D eigenvalue weighted by Gasteiger charge is -2.39. The Morgan fingerprint density at radius 2 is 2.12 bits per heavy atom. The Hall–Kier alpha value is -1.34. The summed E-state index contributed by atoms with van der Waals surface area (Å²) in [6, 6.07) is 4.87. The van der Waals surface area contributed by atoms with Crippen LogP contribution in [0.3, 0.4) is 0 Å². The van der Waals surface area contributed by atoms with E-state index in [0.29, 0.717) is 24.8 Å². The number of hydrogen-bond donors (Lipinski definition) is 2. The van der Waals surface area contributed by atoms with E-state index < -0.39 is 6.04 Å². The van der Waals surface area contributed by atoms with E-state index >= 15 is 0 Å². The van der Waals surface area contributed by atoms with Gasteiger partial charge in [-0.25, -0.2) is 0 Å². The molecule has 1 heterocycles. The summed E-state index contributed by atoms with van der Waals surface area (Å²) >= 11 is 6.20. The first-order valence-corrected chi connectivity index (χ1v) is 8.34. The first-order valence-electron chi connectivity index (χ1n) is 7.96. The molecule has 1 aromatic rings. The molecule has 0 aliphatic carbocycles. The number of nitrogens with one attached hydrogen (secondary N) is 1. The molecule has 0 radical (unpaired) electrons. The maximum atomic E-state index is 12.2. The quantitative estimate of drug-likeness (QED) is 0.773. The van der Waals surface area contributed by atoms with E-state index in [9.17, 15) is 4.79 Å². The van der Waals surface area contributed by atoms with Gasteiger partial charge >= 0.3 is 0 Å². The number of rotatable bonds is 7. The van der Waals surface area contributed by atoms with E-state index in [1.54, 1.807) is 13.2 Å². The van der Waals surface area contributed by atoms with Crippen molar-refractivity contribution in [3.05, 3.63) is 28.8 Å². The number of hydrogen-bond acceptors (Lipinski definition) is 5. The van der Waals surface area contributed by atoms with E-state index in [-0.39, 0.29) is 17.9 Å². The van der Waals surface area contributed by atoms with Crippen LogP contribution in [-0.4, -0.2) is 52.5 Å². The van der Waals surface area contributed by atoms with Crippen LogP contribution in [0.4, 0.5) is 0 Å². The Labute approximate surface area is 147 Å². The number of carbonyl (C=O) groups excluding carboxylic acids is 1. The number of amides is 1. The van der Waals surface area contributed by atoms with Gasteiger partial charge in [-0.05, 0) is 31.0 Å². The van der Waals surface area contributed by atoms with Gasteiger partial charge in [0.05, 0.1) is 13.7 Å². The van der Waals surface area contributed by atoms with Gasteiger partial charge in [-0.15, -0.1) is 0 Å². The molecule has 3 N–H and O–H groups in total. The first-order chi connectivity index (χ1) is 11.5. The Bertz CT molecular complexity index is 562. The highest BCUT2D eigenvalue weighted by Gasteiger charge is 2.37. The van der Waals surface area contributed by atoms with Crippen molar-refractivity contribution in [3.8, 4) is 5.75 Å². The average Bonchev–Trinajstić information content (AvgIpc) is 2.60. The monoisotopic (exact) mass is 356 g/mol. The highest BCUT2D eigenvalue weighted by molar-refractivity contribution is 6.30. The number of methoxy groups -OCH3 is 2. The largest absolute Gasteiger partial charge is 0.496 e. The minimum Gasteiger partial charge on any atom is -0.496 e. The average molecular weight is 357 g/mol. The fourth-order valence-electron chi connectivity index (χ4n) is 3.04. The van der Waals surface area contributed by atoms with Crippen LogP contribution in [0.2, 0.25) is 5.02 Å². The van der Waals surface area contributed by atoms with Crippen LogP contribution >= 0.6 is 11.6 Å². The summed E-state index contributed by atoms with van der Waals surface area (Å²) in [5.74, 6) is 0.528. The summed E-state index contributed by atoms with van der Waals surface area (Å²) in [5.41, 5.74) is 6.49. The zero-order valence-corrected chi connectivity index (χ0v) is 14.9. The normalized spacial score (nSPS) is 18.0. The van der Waals surface area contributed by atoms with Crippen molar-refractivity contribution in [3.63, 3.8) is 0 Å². The Morgan fingerprint density at radius 3 is 2.75 bits per heavy atom. The SMILES string of the molecule is COCC(N)C(=O)NCC1(c2cc(Cl)ccc2OC)CCOCC1. The zero-order valence-electron chi connectivity index (χ0n) is 14.1. The second-order valence-corrected chi connectivity index (χ2v) is 6.45. The van der Waals surface area contributed by atoms with Crippen molar-refractivity contribution in [2.45, 2.75) is 24.3 Å². The molecule has 134 valence electrons. The van der Waals surface area contributed by atoms with Crippen LogP contribution in [-0.2, 0) is 19.7 Å². The molecule has 24 heavy (non-hydrogen) atoms. The molecular weight excluding hydrogens is 332 g/mol. The fourth-order valence-corrected chi connectivity index (χ4v) is 3.21. The number of benzene rings is 1. The van der Waals surface area contributed by atoms with Crippen LogP contribution in [0.15, 0.2) is 18.2 Å². The maximum absolute atomic E-state index is 12.2. The third-order valence-electron chi connectivity index (χ3n) is 4.47. The van der Waals surface area contributed by atoms with Gasteiger partial charge in [0.15, 0.2) is 0 Å². The molecule has 0 spiro atoms. The van der Waals surface area contributed by atoms with Crippen LogP contribution < -0.4 is 15.8 Å². The van der Waals surface area contributed by atoms with E-state index in [0.717, 1.165) is 24.2 Å². The van der Waals surface area contributed by atoms with Crippen molar-refractivity contribution in [2.24, 2.45) is 5.73 Å². The molecule has 1 aromatic carbocycles. The second kappa shape index (κ2) is 8.67. The van der Waals surface area contributed by atoms with Gasteiger partial charge in [0.25, 0.3) is 0 Å². The van der Waals surface area contributed by atoms with Gasteiger partial charge in [0.1, 0.15) is 11.8 Å². The third kappa shape index (κ3) is 4.39. The summed E-state index contributed by atoms with van der Waals surface area (Å²) in [6.07, 6.45) is 1.53. The molecule has 1 aliphatic heterocycles. The van der Waals surface area contributed by atoms with Crippen molar-refractivity contribution in [1.29, 1.82) is 0 Å². The minimum atomic E-state index is -0.687. The molecular formula is C17H25ClN2O4. The first kappa shape index (κ1) is 19.0. The van der Waals surface area contributed by atoms with Crippen molar-refractivity contribution >= 4 is 17.5 Å². The van der Waals surface area contributed by atoms with Crippen LogP contribution in [0.5, 0.6) is 5.75 Å². The van der Waals surface area contributed by atoms with Crippen molar-refractivity contribution < 1.29 is 19.0 Å². The molecule has 0 saturated carbocycles. The molecule has 0 aromatic heterocycles. The molecule has 7 heteroatoms. The molecule has 1 atom stereocenters. The zero-order chi connectivity index (χ0) is 17.6. The Kier molecular flexibility index (Phi) is 6.86. The van der Waals surface area contributed by atoms with E-state index in [1.807, 2.05) is 12.1 Å². The topological polar surface area (TPSA) is 82.8 Å². The number of nitrogens with two attached hydrogens (primary N) is 1. The van der Waals surface area contributed by atoms with Gasteiger partial charge < -0.3 is 25.3 Å². The smallest absolute Gasteiger partial charge is 0.239 e. The van der Waals surface area contributed by atoms with Gasteiger partial charge in [-0.3, -0.25) is 4.79 Å². The molecule has 0 bridgehead atoms. The number of ether oxygens (including phenoxy) is 3. The van der Waals surface area contributed by atoms with Crippen LogP contribution in [0.1, 0.15) is 18.4 Å². The summed E-state index contributed by atoms with van der Waals surface area (Å²) in [4.78, 5) is 12.2. The fraction of sp³-hybridized carbons (Fsp3) is 0.588. The summed E-state index contributed by atoms with van der Waals surface area (Å²) in [5, 5.41) is 3.59. The van der Waals surface area contributed by atoms with Gasteiger partial charge in [0.2, 0.25) is 5.91 Å². The second-order valence-electron chi connectivity index (χ2n) is 6.02. The number of carbonyl (C=O) groups is 1. The summed E-state index contributed by atoms with van der Waals surface area (Å²) in [7, 11) is 3.15. The van der Waals surface area contributed by atoms with Crippen LogP contribution in [0, 0.1) is 0 Å². The third-order valence-corrected chi connectivity index (χ3v) is 4.70. The molecule has 1 unspecified atom stereocenters. The molecule has 1 aliphatic rings. The maximum Gasteiger partial charge on any atom is 0.239 e. The predicted molar refractivity (Wildman–Crippen MR) is 92.6 cm³/mol. The van der Waals surface area contributed by atoms with Crippen molar-refractivity contribution in [1.82, 2.24) is 5.32 Å². The molecule has 1 saturated heterocycles. The van der Waals surface area contributed by atoms with E-state index in [1.165, 1.54) is 7.11 Å².